The molecule has 1 aliphatic rings. The Hall–Kier alpha value is -2.42. The van der Waals surface area contributed by atoms with Gasteiger partial charge in [-0.1, -0.05) is 17.7 Å². The summed E-state index contributed by atoms with van der Waals surface area (Å²) in [6, 6.07) is 8.22. The average molecular weight is 496 g/mol. The van der Waals surface area contributed by atoms with E-state index >= 15 is 0 Å². The molecular weight excluding hydrogens is 480 g/mol. The molecule has 2 aromatic rings. The van der Waals surface area contributed by atoms with E-state index in [1.807, 2.05) is 0 Å². The maximum Gasteiger partial charge on any atom is 0.270 e. The molecule has 0 unspecified atom stereocenters. The number of rotatable bonds is 4. The summed E-state index contributed by atoms with van der Waals surface area (Å²) in [6.45, 7) is 3.89. The Bertz CT molecular complexity index is 1070. The van der Waals surface area contributed by atoms with Crippen LogP contribution in [0.1, 0.15) is 18.1 Å². The first-order chi connectivity index (χ1) is 13.7. The summed E-state index contributed by atoms with van der Waals surface area (Å²) in [6.07, 6.45) is 1.42. The highest BCUT2D eigenvalue weighted by Gasteiger charge is 2.35. The van der Waals surface area contributed by atoms with Crippen molar-refractivity contribution in [3.8, 4) is 11.5 Å². The molecule has 1 saturated heterocycles. The fraction of sp³-hybridized carbons (Fsp3) is 0.150. The number of carbonyl (C=O) groups is 2. The zero-order chi connectivity index (χ0) is 21.3. The predicted molar refractivity (Wildman–Crippen MR) is 119 cm³/mol. The van der Waals surface area contributed by atoms with E-state index < -0.39 is 11.8 Å². The third-order valence-corrected chi connectivity index (χ3v) is 5.54. The Morgan fingerprint density at radius 1 is 1.34 bits per heavy atom. The van der Waals surface area contributed by atoms with Crippen molar-refractivity contribution in [3.05, 3.63) is 56.5 Å². The number of phenolic OH excluding ortho intramolecular Hbond substituents is 1. The molecule has 6 nitrogen and oxygen atoms in total. The highest BCUT2D eigenvalue weighted by molar-refractivity contribution is 9.10. The summed E-state index contributed by atoms with van der Waals surface area (Å²) in [7, 11) is 0. The van der Waals surface area contributed by atoms with E-state index in [0.29, 0.717) is 32.9 Å². The molecule has 0 atom stereocenters. The number of hydrogen-bond donors (Lipinski definition) is 2. The number of phenols is 1. The van der Waals surface area contributed by atoms with Gasteiger partial charge in [-0.15, -0.1) is 0 Å². The van der Waals surface area contributed by atoms with Crippen molar-refractivity contribution in [3.63, 3.8) is 0 Å². The van der Waals surface area contributed by atoms with Crippen LogP contribution in [0.5, 0.6) is 11.5 Å². The number of anilines is 1. The van der Waals surface area contributed by atoms with Gasteiger partial charge in [0.1, 0.15) is 5.57 Å². The molecule has 0 spiro atoms. The van der Waals surface area contributed by atoms with Crippen molar-refractivity contribution in [2.24, 2.45) is 0 Å². The smallest absolute Gasteiger partial charge is 0.270 e. The van der Waals surface area contributed by atoms with E-state index in [-0.39, 0.29) is 22.2 Å². The zero-order valence-electron chi connectivity index (χ0n) is 15.5. The number of hydrogen-bond acceptors (Lipinski definition) is 5. The first kappa shape index (κ1) is 21.3. The van der Waals surface area contributed by atoms with Crippen molar-refractivity contribution < 1.29 is 19.4 Å². The second kappa shape index (κ2) is 8.52. The number of halogens is 2. The Labute approximate surface area is 186 Å². The van der Waals surface area contributed by atoms with E-state index in [4.69, 9.17) is 28.6 Å². The average Bonchev–Trinajstić information content (AvgIpc) is 2.66. The van der Waals surface area contributed by atoms with Crippen LogP contribution < -0.4 is 15.0 Å². The molecule has 1 aliphatic heterocycles. The third-order valence-electron chi connectivity index (χ3n) is 4.24. The molecule has 0 saturated carbocycles. The van der Waals surface area contributed by atoms with Gasteiger partial charge < -0.3 is 9.84 Å². The van der Waals surface area contributed by atoms with Crippen molar-refractivity contribution in [2.75, 3.05) is 11.5 Å². The summed E-state index contributed by atoms with van der Waals surface area (Å²) < 4.78 is 5.77. The van der Waals surface area contributed by atoms with E-state index in [1.165, 1.54) is 11.0 Å². The van der Waals surface area contributed by atoms with Crippen molar-refractivity contribution in [1.82, 2.24) is 5.32 Å². The molecule has 150 valence electrons. The van der Waals surface area contributed by atoms with Gasteiger partial charge >= 0.3 is 0 Å². The number of benzene rings is 2. The minimum Gasteiger partial charge on any atom is -0.503 e. The van der Waals surface area contributed by atoms with Crippen LogP contribution in [0.3, 0.4) is 0 Å². The second-order valence-electron chi connectivity index (χ2n) is 6.12. The fourth-order valence-corrected chi connectivity index (χ4v) is 3.73. The summed E-state index contributed by atoms with van der Waals surface area (Å²) in [5.41, 5.74) is 1.52. The number of aromatic hydroxyl groups is 1. The van der Waals surface area contributed by atoms with Crippen LogP contribution in [0.15, 0.2) is 40.4 Å². The van der Waals surface area contributed by atoms with Gasteiger partial charge in [-0.2, -0.15) is 0 Å². The molecule has 2 amide bonds. The van der Waals surface area contributed by atoms with Gasteiger partial charge in [0.2, 0.25) is 0 Å². The first-order valence-corrected chi connectivity index (χ1v) is 10.1. The van der Waals surface area contributed by atoms with Crippen LogP contribution in [0.2, 0.25) is 5.02 Å². The monoisotopic (exact) mass is 494 g/mol. The standard InChI is InChI=1S/C20H16BrClN2O4S/c1-3-28-16-9-11(8-13(21)17(16)25)7-12-18(26)23-20(29)24(19(12)27)15-6-4-5-14(22)10(15)2/h4-9,25H,3H2,1-2H3,(H,23,26,29). The third kappa shape index (κ3) is 4.14. The summed E-state index contributed by atoms with van der Waals surface area (Å²) in [5, 5.41) is 13.1. The number of ether oxygens (including phenoxy) is 1. The number of nitrogens with one attached hydrogen (secondary N) is 1. The van der Waals surface area contributed by atoms with Gasteiger partial charge in [-0.05, 0) is 83.5 Å². The molecule has 29 heavy (non-hydrogen) atoms. The summed E-state index contributed by atoms with van der Waals surface area (Å²) >= 11 is 14.6. The minimum absolute atomic E-state index is 0.0237. The number of nitrogens with zero attached hydrogens (tertiary/aromatic N) is 1. The van der Waals surface area contributed by atoms with E-state index in [2.05, 4.69) is 21.2 Å². The van der Waals surface area contributed by atoms with Gasteiger partial charge in [0.25, 0.3) is 11.8 Å². The van der Waals surface area contributed by atoms with Crippen molar-refractivity contribution in [1.29, 1.82) is 0 Å². The van der Waals surface area contributed by atoms with Crippen molar-refractivity contribution >= 4 is 68.4 Å². The lowest BCUT2D eigenvalue weighted by atomic mass is 10.1. The summed E-state index contributed by atoms with van der Waals surface area (Å²) in [5.74, 6) is -1.02. The Balaban J connectivity index is 2.08. The molecule has 2 aromatic carbocycles. The molecule has 3 rings (SSSR count). The van der Waals surface area contributed by atoms with Crippen molar-refractivity contribution in [2.45, 2.75) is 13.8 Å². The highest BCUT2D eigenvalue weighted by atomic mass is 79.9. The maximum absolute atomic E-state index is 13.2. The number of carbonyl (C=O) groups excluding carboxylic acids is 2. The molecule has 2 N–H and O–H groups in total. The van der Waals surface area contributed by atoms with Crippen LogP contribution in [0.25, 0.3) is 6.08 Å². The van der Waals surface area contributed by atoms with E-state index in [9.17, 15) is 14.7 Å². The van der Waals surface area contributed by atoms with Crippen LogP contribution in [-0.4, -0.2) is 28.6 Å². The van der Waals surface area contributed by atoms with E-state index in [1.54, 1.807) is 44.2 Å². The topological polar surface area (TPSA) is 78.9 Å². The predicted octanol–water partition coefficient (Wildman–Crippen LogP) is 4.35. The Kier molecular flexibility index (Phi) is 6.26. The molecule has 0 aliphatic carbocycles. The SMILES string of the molecule is CCOc1cc(C=C2C(=O)NC(=S)N(c3cccc(Cl)c3C)C2=O)cc(Br)c1O. The van der Waals surface area contributed by atoms with Crippen LogP contribution in [-0.2, 0) is 9.59 Å². The Morgan fingerprint density at radius 2 is 2.07 bits per heavy atom. The molecular formula is C20H16BrClN2O4S. The highest BCUT2D eigenvalue weighted by Crippen LogP contribution is 2.36. The van der Waals surface area contributed by atoms with Crippen LogP contribution >= 0.6 is 39.7 Å². The zero-order valence-corrected chi connectivity index (χ0v) is 18.6. The van der Waals surface area contributed by atoms with Gasteiger partial charge in [-0.25, -0.2) is 0 Å². The molecule has 1 fully saturated rings. The van der Waals surface area contributed by atoms with Gasteiger partial charge in [-0.3, -0.25) is 19.8 Å². The number of thiocarbonyl (C=S) groups is 1. The normalized spacial score (nSPS) is 15.7. The maximum atomic E-state index is 13.2. The molecule has 1 heterocycles. The lowest BCUT2D eigenvalue weighted by molar-refractivity contribution is -0.122. The molecule has 0 aromatic heterocycles. The molecule has 0 radical (unpaired) electrons. The lowest BCUT2D eigenvalue weighted by Crippen LogP contribution is -2.54. The van der Waals surface area contributed by atoms with E-state index in [0.717, 1.165) is 0 Å². The molecule has 9 heteroatoms. The van der Waals surface area contributed by atoms with Crippen LogP contribution in [0.4, 0.5) is 5.69 Å². The van der Waals surface area contributed by atoms with Gasteiger partial charge in [0.05, 0.1) is 16.8 Å². The first-order valence-electron chi connectivity index (χ1n) is 8.56. The van der Waals surface area contributed by atoms with Gasteiger partial charge in [0, 0.05) is 5.02 Å². The summed E-state index contributed by atoms with van der Waals surface area (Å²) in [4.78, 5) is 26.9. The minimum atomic E-state index is -0.613. The van der Waals surface area contributed by atoms with Gasteiger partial charge in [0.15, 0.2) is 16.6 Å². The lowest BCUT2D eigenvalue weighted by Gasteiger charge is -2.30. The molecule has 0 bridgehead atoms. The number of amides is 2. The fourth-order valence-electron chi connectivity index (χ4n) is 2.82. The Morgan fingerprint density at radius 3 is 2.76 bits per heavy atom. The van der Waals surface area contributed by atoms with Crippen LogP contribution in [0, 0.1) is 6.92 Å². The second-order valence-corrected chi connectivity index (χ2v) is 7.77. The largest absolute Gasteiger partial charge is 0.503 e. The quantitative estimate of drug-likeness (QED) is 0.375.